The van der Waals surface area contributed by atoms with Crippen molar-refractivity contribution in [3.63, 3.8) is 0 Å². The summed E-state index contributed by atoms with van der Waals surface area (Å²) in [4.78, 5) is 35.7. The third-order valence-electron chi connectivity index (χ3n) is 3.15. The monoisotopic (exact) mass is 254 g/mol. The van der Waals surface area contributed by atoms with Gasteiger partial charge in [0.1, 0.15) is 18.5 Å². The minimum absolute atomic E-state index is 0.170. The minimum Gasteiger partial charge on any atom is -0.376 e. The highest BCUT2D eigenvalue weighted by Crippen LogP contribution is 2.33. The fourth-order valence-electron chi connectivity index (χ4n) is 2.15. The predicted molar refractivity (Wildman–Crippen MR) is 61.3 cm³/mol. The van der Waals surface area contributed by atoms with Gasteiger partial charge in [-0.2, -0.15) is 0 Å². The fourth-order valence-corrected chi connectivity index (χ4v) is 2.15. The van der Waals surface area contributed by atoms with Crippen LogP contribution in [0.1, 0.15) is 13.2 Å². The highest BCUT2D eigenvalue weighted by Gasteiger charge is 2.43. The fraction of sp³-hybridized carbons (Fsp3) is 0.545. The van der Waals surface area contributed by atoms with Gasteiger partial charge in [-0.3, -0.25) is 14.3 Å². The highest BCUT2D eigenvalue weighted by atomic mass is 16.6. The molecule has 2 heterocycles. The summed E-state index contributed by atoms with van der Waals surface area (Å²) in [6.45, 7) is 1.81. The van der Waals surface area contributed by atoms with Crippen molar-refractivity contribution in [2.24, 2.45) is 5.92 Å². The number of nitrogens with zero attached hydrogens (tertiary/aromatic N) is 1. The van der Waals surface area contributed by atoms with E-state index in [1.54, 1.807) is 0 Å². The smallest absolute Gasteiger partial charge is 0.330 e. The summed E-state index contributed by atoms with van der Waals surface area (Å²) in [5.74, 6) is -0.170. The molecule has 98 valence electrons. The number of H-pyrrole nitrogens is 1. The van der Waals surface area contributed by atoms with E-state index in [4.69, 9.17) is 9.47 Å². The molecule has 0 aromatic carbocycles. The summed E-state index contributed by atoms with van der Waals surface area (Å²) < 4.78 is 12.0. The van der Waals surface area contributed by atoms with E-state index in [1.165, 1.54) is 23.9 Å². The van der Waals surface area contributed by atoms with E-state index in [0.717, 1.165) is 0 Å². The van der Waals surface area contributed by atoms with Crippen LogP contribution in [-0.4, -0.2) is 35.2 Å². The Morgan fingerprint density at radius 1 is 1.50 bits per heavy atom. The lowest BCUT2D eigenvalue weighted by Gasteiger charge is -2.20. The van der Waals surface area contributed by atoms with Gasteiger partial charge < -0.3 is 14.3 Å². The van der Waals surface area contributed by atoms with Crippen molar-refractivity contribution in [3.8, 4) is 0 Å². The van der Waals surface area contributed by atoms with Crippen LogP contribution in [0.25, 0.3) is 0 Å². The number of aromatic amines is 1. The molecule has 7 nitrogen and oxygen atoms in total. The molecule has 1 aromatic heterocycles. The van der Waals surface area contributed by atoms with Gasteiger partial charge in [0.15, 0.2) is 6.23 Å². The van der Waals surface area contributed by atoms with E-state index in [9.17, 15) is 14.4 Å². The van der Waals surface area contributed by atoms with Gasteiger partial charge in [0.25, 0.3) is 5.56 Å². The van der Waals surface area contributed by atoms with Crippen molar-refractivity contribution in [1.29, 1.82) is 0 Å². The van der Waals surface area contributed by atoms with E-state index in [1.807, 2.05) is 6.92 Å². The van der Waals surface area contributed by atoms with Crippen molar-refractivity contribution in [2.75, 3.05) is 7.11 Å². The van der Waals surface area contributed by atoms with E-state index in [-0.39, 0.29) is 5.92 Å². The molecule has 1 aliphatic heterocycles. The zero-order valence-corrected chi connectivity index (χ0v) is 10.0. The molecular formula is C11H14N2O5. The SMILES string of the molecule is COC1[C@@H](C)[C@@H](C=O)O[C@H]1n1ccc(=O)[nH]c1=O. The second-order valence-electron chi connectivity index (χ2n) is 4.20. The number of carbonyl (C=O) groups is 1. The number of nitrogens with one attached hydrogen (secondary N) is 1. The molecule has 2 rings (SSSR count). The maximum absolute atomic E-state index is 11.7. The maximum Gasteiger partial charge on any atom is 0.330 e. The van der Waals surface area contributed by atoms with Crippen molar-refractivity contribution in [3.05, 3.63) is 33.1 Å². The lowest BCUT2D eigenvalue weighted by molar-refractivity contribution is -0.121. The average molecular weight is 254 g/mol. The third kappa shape index (κ3) is 2.02. The van der Waals surface area contributed by atoms with Crippen molar-refractivity contribution < 1.29 is 14.3 Å². The number of hydrogen-bond acceptors (Lipinski definition) is 5. The summed E-state index contributed by atoms with van der Waals surface area (Å²) in [6, 6.07) is 1.22. The van der Waals surface area contributed by atoms with Gasteiger partial charge in [-0.25, -0.2) is 4.79 Å². The molecule has 0 spiro atoms. The van der Waals surface area contributed by atoms with E-state index in [0.29, 0.717) is 6.29 Å². The van der Waals surface area contributed by atoms with Gasteiger partial charge in [0.2, 0.25) is 0 Å². The number of methoxy groups -OCH3 is 1. The number of carbonyl (C=O) groups excluding carboxylic acids is 1. The Kier molecular flexibility index (Phi) is 3.44. The van der Waals surface area contributed by atoms with E-state index in [2.05, 4.69) is 4.98 Å². The summed E-state index contributed by atoms with van der Waals surface area (Å²) in [6.07, 6.45) is 0.248. The summed E-state index contributed by atoms with van der Waals surface area (Å²) in [5.41, 5.74) is -1.07. The van der Waals surface area contributed by atoms with Crippen LogP contribution in [0.15, 0.2) is 21.9 Å². The van der Waals surface area contributed by atoms with Crippen LogP contribution in [0, 0.1) is 5.92 Å². The number of ether oxygens (including phenoxy) is 2. The van der Waals surface area contributed by atoms with Crippen LogP contribution in [0.3, 0.4) is 0 Å². The first-order valence-electron chi connectivity index (χ1n) is 5.53. The molecule has 7 heteroatoms. The molecule has 4 atom stereocenters. The molecule has 1 saturated heterocycles. The Bertz CT molecular complexity index is 549. The number of rotatable bonds is 3. The van der Waals surface area contributed by atoms with Crippen LogP contribution in [0.4, 0.5) is 0 Å². The third-order valence-corrected chi connectivity index (χ3v) is 3.15. The molecule has 0 aliphatic carbocycles. The molecule has 1 aliphatic rings. The van der Waals surface area contributed by atoms with Crippen LogP contribution in [-0.2, 0) is 14.3 Å². The molecule has 0 radical (unpaired) electrons. The van der Waals surface area contributed by atoms with Crippen LogP contribution >= 0.6 is 0 Å². The van der Waals surface area contributed by atoms with Gasteiger partial charge in [-0.1, -0.05) is 6.92 Å². The highest BCUT2D eigenvalue weighted by molar-refractivity contribution is 5.57. The maximum atomic E-state index is 11.7. The summed E-state index contributed by atoms with van der Waals surface area (Å²) in [7, 11) is 1.49. The zero-order valence-electron chi connectivity index (χ0n) is 10.0. The van der Waals surface area contributed by atoms with Crippen LogP contribution in [0.5, 0.6) is 0 Å². The van der Waals surface area contributed by atoms with E-state index >= 15 is 0 Å². The Morgan fingerprint density at radius 3 is 2.78 bits per heavy atom. The molecule has 0 bridgehead atoms. The summed E-state index contributed by atoms with van der Waals surface area (Å²) in [5, 5.41) is 0. The summed E-state index contributed by atoms with van der Waals surface area (Å²) >= 11 is 0. The molecule has 1 unspecified atom stereocenters. The average Bonchev–Trinajstić information content (AvgIpc) is 2.65. The first-order valence-corrected chi connectivity index (χ1v) is 5.53. The predicted octanol–water partition coefficient (Wildman–Crippen LogP) is -0.716. The van der Waals surface area contributed by atoms with Crippen LogP contribution < -0.4 is 11.2 Å². The molecule has 1 fully saturated rings. The van der Waals surface area contributed by atoms with Crippen molar-refractivity contribution in [1.82, 2.24) is 9.55 Å². The molecule has 0 amide bonds. The van der Waals surface area contributed by atoms with Gasteiger partial charge in [-0.15, -0.1) is 0 Å². The lowest BCUT2D eigenvalue weighted by Crippen LogP contribution is -2.36. The topological polar surface area (TPSA) is 90.4 Å². The minimum atomic E-state index is -0.718. The van der Waals surface area contributed by atoms with Crippen molar-refractivity contribution in [2.45, 2.75) is 25.4 Å². The first kappa shape index (κ1) is 12.7. The second-order valence-corrected chi connectivity index (χ2v) is 4.20. The Morgan fingerprint density at radius 2 is 2.22 bits per heavy atom. The number of hydrogen-bond donors (Lipinski definition) is 1. The lowest BCUT2D eigenvalue weighted by atomic mass is 10.0. The molecule has 1 aromatic rings. The van der Waals surface area contributed by atoms with Gasteiger partial charge in [0, 0.05) is 25.3 Å². The second kappa shape index (κ2) is 4.87. The quantitative estimate of drug-likeness (QED) is 0.719. The Hall–Kier alpha value is -1.73. The van der Waals surface area contributed by atoms with Gasteiger partial charge in [0.05, 0.1) is 0 Å². The normalized spacial score (nSPS) is 31.4. The van der Waals surface area contributed by atoms with Gasteiger partial charge >= 0.3 is 5.69 Å². The molecule has 0 saturated carbocycles. The molecular weight excluding hydrogens is 240 g/mol. The Labute approximate surface area is 102 Å². The Balaban J connectivity index is 2.40. The van der Waals surface area contributed by atoms with Crippen molar-refractivity contribution >= 4 is 6.29 Å². The molecule has 18 heavy (non-hydrogen) atoms. The first-order chi connectivity index (χ1) is 8.58. The largest absolute Gasteiger partial charge is 0.376 e. The van der Waals surface area contributed by atoms with Crippen LogP contribution in [0.2, 0.25) is 0 Å². The van der Waals surface area contributed by atoms with E-state index < -0.39 is 29.7 Å². The number of aromatic nitrogens is 2. The zero-order chi connectivity index (χ0) is 13.3. The standard InChI is InChI=1S/C11H14N2O5/c1-6-7(5-14)18-10(9(6)17-2)13-4-3-8(15)12-11(13)16/h3-7,9-10H,1-2H3,(H,12,15,16)/t6-,7+,9?,10+/m0/s1. The number of aldehydes is 1. The van der Waals surface area contributed by atoms with Gasteiger partial charge in [-0.05, 0) is 0 Å². The molecule has 1 N–H and O–H groups in total.